The second kappa shape index (κ2) is 11.4. The monoisotopic (exact) mass is 583 g/mol. The zero-order valence-corrected chi connectivity index (χ0v) is 24.6. The summed E-state index contributed by atoms with van der Waals surface area (Å²) in [5, 5.41) is 21.8. The third-order valence-electron chi connectivity index (χ3n) is 9.83. The van der Waals surface area contributed by atoms with Crippen molar-refractivity contribution in [3.8, 4) is 5.75 Å². The van der Waals surface area contributed by atoms with Crippen LogP contribution in [0.4, 0.5) is 4.39 Å². The lowest BCUT2D eigenvalue weighted by molar-refractivity contribution is -0.136. The molecule has 2 heterocycles. The SMILES string of the molecule is CC1NC(C)S2(CCCCCCC2)C1C(=O)NC12CCC(NC(=O)COc3ccc(Cl)c(F)c3)(CC1)C(O)C2. The van der Waals surface area contributed by atoms with E-state index in [0.29, 0.717) is 37.5 Å². The van der Waals surface area contributed by atoms with Gasteiger partial charge in [-0.25, -0.2) is 14.4 Å². The molecule has 5 aliphatic rings. The van der Waals surface area contributed by atoms with Crippen molar-refractivity contribution in [1.82, 2.24) is 16.0 Å². The van der Waals surface area contributed by atoms with Gasteiger partial charge in [-0.2, -0.15) is 0 Å². The van der Waals surface area contributed by atoms with Gasteiger partial charge in [-0.1, -0.05) is 30.9 Å². The third-order valence-corrected chi connectivity index (χ3v) is 15.4. The molecule has 218 valence electrons. The summed E-state index contributed by atoms with van der Waals surface area (Å²) in [6.07, 6.45) is 8.50. The lowest BCUT2D eigenvalue weighted by Gasteiger charge is -2.57. The number of fused-ring (bicyclic) bond motifs is 3. The van der Waals surface area contributed by atoms with Gasteiger partial charge in [0.1, 0.15) is 11.6 Å². The molecule has 0 radical (unpaired) electrons. The van der Waals surface area contributed by atoms with E-state index in [1.165, 1.54) is 55.7 Å². The van der Waals surface area contributed by atoms with Crippen molar-refractivity contribution in [2.45, 2.75) is 112 Å². The summed E-state index contributed by atoms with van der Waals surface area (Å²) in [5.41, 5.74) is -1.17. The fraction of sp³-hybridized carbons (Fsp3) is 0.724. The highest BCUT2D eigenvalue weighted by Crippen LogP contribution is 2.62. The van der Waals surface area contributed by atoms with Gasteiger partial charge in [-0.05, 0) is 82.4 Å². The highest BCUT2D eigenvalue weighted by Gasteiger charge is 2.57. The molecule has 4 unspecified atom stereocenters. The number of amides is 2. The molecule has 4 atom stereocenters. The van der Waals surface area contributed by atoms with Crippen molar-refractivity contribution in [3.63, 3.8) is 0 Å². The molecule has 7 nitrogen and oxygen atoms in total. The van der Waals surface area contributed by atoms with Crippen LogP contribution in [0.3, 0.4) is 0 Å². The van der Waals surface area contributed by atoms with Gasteiger partial charge < -0.3 is 25.8 Å². The maximum absolute atomic E-state index is 14.0. The molecular formula is C29H43ClFN3O4S. The fourth-order valence-electron chi connectivity index (χ4n) is 7.66. The molecule has 1 spiro atoms. The van der Waals surface area contributed by atoms with E-state index < -0.39 is 33.0 Å². The van der Waals surface area contributed by atoms with Crippen LogP contribution in [-0.4, -0.2) is 68.9 Å². The number of aliphatic hydroxyl groups is 1. The van der Waals surface area contributed by atoms with Gasteiger partial charge in [0, 0.05) is 23.0 Å². The molecule has 0 aromatic heterocycles. The molecule has 3 saturated carbocycles. The van der Waals surface area contributed by atoms with Crippen LogP contribution in [0.15, 0.2) is 18.2 Å². The zero-order chi connectivity index (χ0) is 27.8. The Morgan fingerprint density at radius 2 is 1.77 bits per heavy atom. The average Bonchev–Trinajstić information content (AvgIpc) is 3.12. The van der Waals surface area contributed by atoms with Crippen LogP contribution in [0.2, 0.25) is 5.02 Å². The summed E-state index contributed by atoms with van der Waals surface area (Å²) in [6.45, 7) is 4.16. The summed E-state index contributed by atoms with van der Waals surface area (Å²) >= 11 is 5.71. The number of rotatable bonds is 6. The second-order valence-electron chi connectivity index (χ2n) is 12.3. The van der Waals surface area contributed by atoms with Gasteiger partial charge in [0.2, 0.25) is 5.91 Å². The number of benzene rings is 1. The van der Waals surface area contributed by atoms with Crippen LogP contribution in [0.5, 0.6) is 5.75 Å². The Morgan fingerprint density at radius 3 is 2.41 bits per heavy atom. The fourth-order valence-corrected chi connectivity index (χ4v) is 13.0. The van der Waals surface area contributed by atoms with Gasteiger partial charge in [0.05, 0.1) is 21.9 Å². The van der Waals surface area contributed by atoms with Crippen molar-refractivity contribution < 1.29 is 23.8 Å². The summed E-state index contributed by atoms with van der Waals surface area (Å²) in [7, 11) is -1.13. The van der Waals surface area contributed by atoms with E-state index in [2.05, 4.69) is 29.8 Å². The van der Waals surface area contributed by atoms with Gasteiger partial charge >= 0.3 is 0 Å². The molecule has 2 amide bonds. The first kappa shape index (κ1) is 29.0. The quantitative estimate of drug-likeness (QED) is 0.398. The van der Waals surface area contributed by atoms with Crippen LogP contribution in [0.25, 0.3) is 0 Å². The maximum atomic E-state index is 14.0. The third kappa shape index (κ3) is 5.66. The van der Waals surface area contributed by atoms with Crippen molar-refractivity contribution in [3.05, 3.63) is 29.0 Å². The molecular weight excluding hydrogens is 541 g/mol. The van der Waals surface area contributed by atoms with E-state index in [1.54, 1.807) is 0 Å². The second-order valence-corrected chi connectivity index (χ2v) is 16.7. The predicted molar refractivity (Wildman–Crippen MR) is 154 cm³/mol. The number of nitrogens with one attached hydrogen (secondary N) is 3. The Morgan fingerprint density at radius 1 is 1.10 bits per heavy atom. The number of aliphatic hydroxyl groups excluding tert-OH is 1. The van der Waals surface area contributed by atoms with E-state index in [-0.39, 0.29) is 40.5 Å². The van der Waals surface area contributed by atoms with Crippen molar-refractivity contribution in [1.29, 1.82) is 0 Å². The van der Waals surface area contributed by atoms with Crippen LogP contribution in [0, 0.1) is 5.82 Å². The molecule has 2 saturated heterocycles. The Hall–Kier alpha value is -1.55. The molecule has 2 aliphatic heterocycles. The minimum Gasteiger partial charge on any atom is -0.484 e. The predicted octanol–water partition coefficient (Wildman–Crippen LogP) is 4.38. The Balaban J connectivity index is 1.21. The standard InChI is InChI=1S/C29H43ClFN3O4S/c1-19-26(39(20(2)32-19)14-6-4-3-5-7-15-39)27(37)34-28-10-12-29(13-11-28,24(35)17-28)33-25(36)18-38-21-8-9-22(30)23(31)16-21/h8-9,16,19-20,24,26,32,35H,3-7,10-15,17-18H2,1-2H3,(H,33,36)(H,34,37). The Bertz CT molecular complexity index is 1070. The number of ether oxygens (including phenoxy) is 1. The maximum Gasteiger partial charge on any atom is 0.258 e. The van der Waals surface area contributed by atoms with Gasteiger partial charge in [-0.15, -0.1) is 0 Å². The number of carbonyl (C=O) groups is 2. The highest BCUT2D eigenvalue weighted by molar-refractivity contribution is 8.35. The summed E-state index contributed by atoms with van der Waals surface area (Å²) < 4.78 is 19.1. The number of hydrogen-bond donors (Lipinski definition) is 4. The molecule has 39 heavy (non-hydrogen) atoms. The molecule has 1 aromatic rings. The molecule has 4 N–H and O–H groups in total. The largest absolute Gasteiger partial charge is 0.484 e. The van der Waals surface area contributed by atoms with Crippen molar-refractivity contribution in [2.24, 2.45) is 0 Å². The van der Waals surface area contributed by atoms with Crippen molar-refractivity contribution in [2.75, 3.05) is 18.1 Å². The Kier molecular flexibility index (Phi) is 8.45. The Labute approximate surface area is 237 Å². The van der Waals surface area contributed by atoms with Crippen molar-refractivity contribution >= 4 is 33.4 Å². The van der Waals surface area contributed by atoms with Gasteiger partial charge in [0.15, 0.2) is 6.61 Å². The lowest BCUT2D eigenvalue weighted by atomic mass is 9.60. The first-order valence-electron chi connectivity index (χ1n) is 14.5. The summed E-state index contributed by atoms with van der Waals surface area (Å²) in [4.78, 5) is 26.8. The average molecular weight is 584 g/mol. The lowest BCUT2D eigenvalue weighted by Crippen LogP contribution is -2.71. The first-order chi connectivity index (χ1) is 18.6. The topological polar surface area (TPSA) is 99.7 Å². The molecule has 5 fully saturated rings. The smallest absolute Gasteiger partial charge is 0.258 e. The molecule has 10 heteroatoms. The van der Waals surface area contributed by atoms with Crippen LogP contribution >= 0.6 is 21.6 Å². The van der Waals surface area contributed by atoms with E-state index in [9.17, 15) is 19.1 Å². The van der Waals surface area contributed by atoms with Crippen LogP contribution in [0.1, 0.15) is 78.1 Å². The van der Waals surface area contributed by atoms with E-state index in [1.807, 2.05) is 0 Å². The molecule has 2 bridgehead atoms. The minimum absolute atomic E-state index is 0.000263. The molecule has 3 aliphatic carbocycles. The number of carbonyl (C=O) groups excluding carboxylic acids is 2. The van der Waals surface area contributed by atoms with E-state index in [0.717, 1.165) is 6.07 Å². The summed E-state index contributed by atoms with van der Waals surface area (Å²) in [6, 6.07) is 4.18. The number of hydrogen-bond acceptors (Lipinski definition) is 5. The van der Waals surface area contributed by atoms with E-state index >= 15 is 0 Å². The van der Waals surface area contributed by atoms with E-state index in [4.69, 9.17) is 16.3 Å². The summed E-state index contributed by atoms with van der Waals surface area (Å²) in [5.74, 6) is 1.73. The van der Waals surface area contributed by atoms with Gasteiger partial charge in [0.25, 0.3) is 5.91 Å². The zero-order valence-electron chi connectivity index (χ0n) is 23.1. The van der Waals surface area contributed by atoms with Crippen LogP contribution in [-0.2, 0) is 9.59 Å². The highest BCUT2D eigenvalue weighted by atomic mass is 35.5. The molecule has 6 rings (SSSR count). The van der Waals surface area contributed by atoms with Gasteiger partial charge in [-0.3, -0.25) is 9.59 Å². The number of halogens is 2. The normalized spacial score (nSPS) is 36.5. The van der Waals surface area contributed by atoms with Crippen LogP contribution < -0.4 is 20.7 Å². The first-order valence-corrected chi connectivity index (χ1v) is 17.0. The minimum atomic E-state index is -1.13. The molecule has 1 aromatic carbocycles.